The molecule has 2 aromatic rings. The van der Waals surface area contributed by atoms with E-state index in [4.69, 9.17) is 4.74 Å². The van der Waals surface area contributed by atoms with Crippen molar-refractivity contribution in [2.45, 2.75) is 24.5 Å². The van der Waals surface area contributed by atoms with E-state index >= 15 is 0 Å². The summed E-state index contributed by atoms with van der Waals surface area (Å²) in [6, 6.07) is 3.60. The molecule has 3 rings (SSSR count). The predicted octanol–water partition coefficient (Wildman–Crippen LogP) is 3.08. The number of ether oxygens (including phenoxy) is 1. The van der Waals surface area contributed by atoms with Gasteiger partial charge in [-0.05, 0) is 30.7 Å². The standard InChI is InChI=1S/C14H16N2O2S/c1-18-14(17)10-5-4-7-16-9-11(15-13(10)16)12-6-2-3-8-19-12/h4-5,7,9,12H,2-3,6,8H2,1H3. The van der Waals surface area contributed by atoms with Crippen molar-refractivity contribution in [1.82, 2.24) is 9.38 Å². The molecule has 1 saturated heterocycles. The van der Waals surface area contributed by atoms with Gasteiger partial charge >= 0.3 is 5.97 Å². The second-order valence-corrected chi connectivity index (χ2v) is 5.98. The first-order valence-electron chi connectivity index (χ1n) is 6.47. The van der Waals surface area contributed by atoms with Crippen LogP contribution in [0.4, 0.5) is 0 Å². The van der Waals surface area contributed by atoms with E-state index in [1.807, 2.05) is 34.6 Å². The SMILES string of the molecule is COC(=O)c1cccn2cc(C3CCCCS3)nc12. The number of hydrogen-bond donors (Lipinski definition) is 0. The van der Waals surface area contributed by atoms with Crippen molar-refractivity contribution in [3.8, 4) is 0 Å². The highest BCUT2D eigenvalue weighted by atomic mass is 32.2. The quantitative estimate of drug-likeness (QED) is 0.791. The van der Waals surface area contributed by atoms with Crippen LogP contribution in [0.15, 0.2) is 24.5 Å². The third-order valence-electron chi connectivity index (χ3n) is 3.42. The summed E-state index contributed by atoms with van der Waals surface area (Å²) in [6.07, 6.45) is 7.68. The normalized spacial score (nSPS) is 19.5. The lowest BCUT2D eigenvalue weighted by atomic mass is 10.1. The summed E-state index contributed by atoms with van der Waals surface area (Å²) < 4.78 is 6.72. The summed E-state index contributed by atoms with van der Waals surface area (Å²) in [4.78, 5) is 16.4. The highest BCUT2D eigenvalue weighted by molar-refractivity contribution is 7.99. The highest BCUT2D eigenvalue weighted by Crippen LogP contribution is 2.37. The molecule has 100 valence electrons. The van der Waals surface area contributed by atoms with E-state index in [-0.39, 0.29) is 5.97 Å². The lowest BCUT2D eigenvalue weighted by Crippen LogP contribution is -2.04. The van der Waals surface area contributed by atoms with Crippen molar-refractivity contribution in [3.05, 3.63) is 35.8 Å². The van der Waals surface area contributed by atoms with Crippen LogP contribution in [0.1, 0.15) is 40.6 Å². The van der Waals surface area contributed by atoms with Crippen molar-refractivity contribution in [3.63, 3.8) is 0 Å². The number of esters is 1. The van der Waals surface area contributed by atoms with Gasteiger partial charge in [-0.15, -0.1) is 0 Å². The molecule has 0 N–H and O–H groups in total. The van der Waals surface area contributed by atoms with Crippen LogP contribution in [-0.2, 0) is 4.74 Å². The summed E-state index contributed by atoms with van der Waals surface area (Å²) in [5, 5.41) is 0.458. The lowest BCUT2D eigenvalue weighted by Gasteiger charge is -2.18. The fourth-order valence-corrected chi connectivity index (χ4v) is 3.70. The van der Waals surface area contributed by atoms with E-state index in [0.717, 1.165) is 5.69 Å². The Kier molecular flexibility index (Phi) is 3.46. The summed E-state index contributed by atoms with van der Waals surface area (Å²) in [6.45, 7) is 0. The molecule has 1 unspecified atom stereocenters. The van der Waals surface area contributed by atoms with Crippen LogP contribution in [0, 0.1) is 0 Å². The number of methoxy groups -OCH3 is 1. The van der Waals surface area contributed by atoms with E-state index in [1.165, 1.54) is 32.1 Å². The molecular weight excluding hydrogens is 260 g/mol. The molecule has 0 aliphatic carbocycles. The number of fused-ring (bicyclic) bond motifs is 1. The number of hydrogen-bond acceptors (Lipinski definition) is 4. The Morgan fingerprint density at radius 2 is 2.42 bits per heavy atom. The molecule has 1 aliphatic heterocycles. The van der Waals surface area contributed by atoms with Gasteiger partial charge < -0.3 is 9.14 Å². The van der Waals surface area contributed by atoms with Gasteiger partial charge in [-0.25, -0.2) is 9.78 Å². The number of rotatable bonds is 2. The zero-order chi connectivity index (χ0) is 13.2. The average Bonchev–Trinajstić information content (AvgIpc) is 2.91. The number of carbonyl (C=O) groups is 1. The van der Waals surface area contributed by atoms with E-state index in [0.29, 0.717) is 16.5 Å². The molecule has 1 atom stereocenters. The maximum atomic E-state index is 11.7. The third-order valence-corrected chi connectivity index (χ3v) is 4.82. The Hall–Kier alpha value is -1.49. The van der Waals surface area contributed by atoms with Crippen molar-refractivity contribution in [2.75, 3.05) is 12.9 Å². The van der Waals surface area contributed by atoms with Crippen molar-refractivity contribution < 1.29 is 9.53 Å². The van der Waals surface area contributed by atoms with E-state index < -0.39 is 0 Å². The summed E-state index contributed by atoms with van der Waals surface area (Å²) in [7, 11) is 1.40. The van der Waals surface area contributed by atoms with Crippen LogP contribution in [-0.4, -0.2) is 28.2 Å². The molecule has 0 radical (unpaired) electrons. The zero-order valence-electron chi connectivity index (χ0n) is 10.8. The minimum absolute atomic E-state index is 0.334. The summed E-state index contributed by atoms with van der Waals surface area (Å²) in [5.41, 5.74) is 2.29. The molecule has 0 amide bonds. The first kappa shape index (κ1) is 12.5. The van der Waals surface area contributed by atoms with Crippen LogP contribution in [0.3, 0.4) is 0 Å². The Labute approximate surface area is 116 Å². The van der Waals surface area contributed by atoms with Gasteiger partial charge in [0.15, 0.2) is 5.65 Å². The van der Waals surface area contributed by atoms with E-state index in [2.05, 4.69) is 4.98 Å². The van der Waals surface area contributed by atoms with Crippen LogP contribution in [0.5, 0.6) is 0 Å². The third kappa shape index (κ3) is 2.34. The largest absolute Gasteiger partial charge is 0.465 e. The van der Waals surface area contributed by atoms with Crippen LogP contribution in [0.25, 0.3) is 5.65 Å². The lowest BCUT2D eigenvalue weighted by molar-refractivity contribution is 0.0602. The minimum Gasteiger partial charge on any atom is -0.465 e. The van der Waals surface area contributed by atoms with Crippen LogP contribution < -0.4 is 0 Å². The van der Waals surface area contributed by atoms with Gasteiger partial charge in [0.05, 0.1) is 12.8 Å². The average molecular weight is 276 g/mol. The predicted molar refractivity (Wildman–Crippen MR) is 75.6 cm³/mol. The fraction of sp³-hybridized carbons (Fsp3) is 0.429. The van der Waals surface area contributed by atoms with Gasteiger partial charge in [-0.2, -0.15) is 11.8 Å². The molecule has 0 aromatic carbocycles. The molecule has 2 aromatic heterocycles. The number of thioether (sulfide) groups is 1. The Bertz CT molecular complexity index is 603. The molecule has 1 fully saturated rings. The van der Waals surface area contributed by atoms with E-state index in [9.17, 15) is 4.79 Å². The molecular formula is C14H16N2O2S. The Balaban J connectivity index is 2.02. The van der Waals surface area contributed by atoms with Gasteiger partial charge in [0, 0.05) is 17.6 Å². The van der Waals surface area contributed by atoms with Crippen molar-refractivity contribution in [1.29, 1.82) is 0 Å². The molecule has 1 aliphatic rings. The topological polar surface area (TPSA) is 43.6 Å². The molecule has 0 bridgehead atoms. The first-order valence-corrected chi connectivity index (χ1v) is 7.52. The summed E-state index contributed by atoms with van der Waals surface area (Å²) in [5.74, 6) is 0.863. The van der Waals surface area contributed by atoms with Gasteiger partial charge in [-0.1, -0.05) is 6.42 Å². The zero-order valence-corrected chi connectivity index (χ0v) is 11.7. The smallest absolute Gasteiger partial charge is 0.341 e. The van der Waals surface area contributed by atoms with Gasteiger partial charge in [0.2, 0.25) is 0 Å². The Morgan fingerprint density at radius 1 is 1.53 bits per heavy atom. The number of pyridine rings is 1. The van der Waals surface area contributed by atoms with E-state index in [1.54, 1.807) is 6.07 Å². The maximum absolute atomic E-state index is 11.7. The van der Waals surface area contributed by atoms with Gasteiger partial charge in [-0.3, -0.25) is 0 Å². The molecule has 4 nitrogen and oxygen atoms in total. The molecule has 0 spiro atoms. The van der Waals surface area contributed by atoms with Crippen LogP contribution in [0.2, 0.25) is 0 Å². The highest BCUT2D eigenvalue weighted by Gasteiger charge is 2.20. The van der Waals surface area contributed by atoms with Crippen LogP contribution >= 0.6 is 11.8 Å². The molecule has 19 heavy (non-hydrogen) atoms. The molecule has 0 saturated carbocycles. The summed E-state index contributed by atoms with van der Waals surface area (Å²) >= 11 is 1.96. The Morgan fingerprint density at radius 3 is 3.16 bits per heavy atom. The number of aromatic nitrogens is 2. The molecule has 3 heterocycles. The number of carbonyl (C=O) groups excluding carboxylic acids is 1. The number of imidazole rings is 1. The first-order chi connectivity index (χ1) is 9.29. The van der Waals surface area contributed by atoms with Crippen molar-refractivity contribution in [2.24, 2.45) is 0 Å². The van der Waals surface area contributed by atoms with Crippen molar-refractivity contribution >= 4 is 23.4 Å². The van der Waals surface area contributed by atoms with Gasteiger partial charge in [0.25, 0.3) is 0 Å². The maximum Gasteiger partial charge on any atom is 0.341 e. The fourth-order valence-electron chi connectivity index (χ4n) is 2.43. The minimum atomic E-state index is -0.334. The monoisotopic (exact) mass is 276 g/mol. The number of nitrogens with zero attached hydrogens (tertiary/aromatic N) is 2. The second-order valence-electron chi connectivity index (χ2n) is 4.67. The molecule has 5 heteroatoms. The second kappa shape index (κ2) is 5.25. The van der Waals surface area contributed by atoms with Gasteiger partial charge in [0.1, 0.15) is 5.56 Å².